The molecule has 0 saturated carbocycles. The van der Waals surface area contributed by atoms with Gasteiger partial charge in [0.2, 0.25) is 10.0 Å². The number of rotatable bonds is 9. The summed E-state index contributed by atoms with van der Waals surface area (Å²) in [4.78, 5) is 0.283. The molecule has 0 fully saturated rings. The topological polar surface area (TPSA) is 67.2 Å². The van der Waals surface area contributed by atoms with E-state index in [1.165, 1.54) is 10.5 Å². The summed E-state index contributed by atoms with van der Waals surface area (Å²) >= 11 is 0. The highest BCUT2D eigenvalue weighted by molar-refractivity contribution is 7.89. The minimum Gasteiger partial charge on any atom is -0.318 e. The SMILES string of the molecule is CCCN(CCC)S(=O)(=O)c1cnn(CCNC)c1. The van der Waals surface area contributed by atoms with E-state index in [1.54, 1.807) is 10.9 Å². The number of aromatic nitrogens is 2. The molecule has 0 aliphatic rings. The molecule has 0 aliphatic carbocycles. The Morgan fingerprint density at radius 1 is 1.32 bits per heavy atom. The average molecular weight is 288 g/mol. The zero-order valence-corrected chi connectivity index (χ0v) is 12.8. The molecule has 0 bridgehead atoms. The summed E-state index contributed by atoms with van der Waals surface area (Å²) in [5.41, 5.74) is 0. The molecule has 7 heteroatoms. The number of sulfonamides is 1. The Morgan fingerprint density at radius 3 is 2.47 bits per heavy atom. The Hall–Kier alpha value is -0.920. The smallest absolute Gasteiger partial charge is 0.246 e. The van der Waals surface area contributed by atoms with Crippen molar-refractivity contribution >= 4 is 10.0 Å². The summed E-state index contributed by atoms with van der Waals surface area (Å²) in [7, 11) is -1.55. The Kier molecular flexibility index (Phi) is 6.47. The van der Waals surface area contributed by atoms with E-state index in [0.29, 0.717) is 19.6 Å². The second kappa shape index (κ2) is 7.62. The molecular weight excluding hydrogens is 264 g/mol. The van der Waals surface area contributed by atoms with Gasteiger partial charge in [0.1, 0.15) is 4.90 Å². The molecule has 0 aliphatic heterocycles. The summed E-state index contributed by atoms with van der Waals surface area (Å²) in [6.45, 7) is 6.49. The van der Waals surface area contributed by atoms with Gasteiger partial charge in [-0.2, -0.15) is 9.40 Å². The van der Waals surface area contributed by atoms with E-state index in [-0.39, 0.29) is 4.90 Å². The van der Waals surface area contributed by atoms with Crippen molar-refractivity contribution in [2.24, 2.45) is 0 Å². The summed E-state index contributed by atoms with van der Waals surface area (Å²) < 4.78 is 28.1. The zero-order chi connectivity index (χ0) is 14.3. The molecule has 1 aromatic heterocycles. The quantitative estimate of drug-likeness (QED) is 0.733. The molecule has 0 unspecified atom stereocenters. The minimum absolute atomic E-state index is 0.283. The standard InChI is InChI=1S/C12H24N4O2S/c1-4-7-16(8-5-2)19(17,18)12-10-14-15(11-12)9-6-13-3/h10-11,13H,4-9H2,1-3H3. The largest absolute Gasteiger partial charge is 0.318 e. The van der Waals surface area contributed by atoms with Crippen LogP contribution in [0.3, 0.4) is 0 Å². The molecule has 0 saturated heterocycles. The second-order valence-electron chi connectivity index (χ2n) is 4.45. The van der Waals surface area contributed by atoms with Crippen molar-refractivity contribution in [2.75, 3.05) is 26.7 Å². The molecule has 0 aromatic carbocycles. The van der Waals surface area contributed by atoms with Gasteiger partial charge in [0.25, 0.3) is 0 Å². The van der Waals surface area contributed by atoms with Gasteiger partial charge >= 0.3 is 0 Å². The highest BCUT2D eigenvalue weighted by Gasteiger charge is 2.24. The first-order valence-corrected chi connectivity index (χ1v) is 8.17. The lowest BCUT2D eigenvalue weighted by molar-refractivity contribution is 0.410. The van der Waals surface area contributed by atoms with E-state index in [0.717, 1.165) is 19.4 Å². The van der Waals surface area contributed by atoms with Crippen molar-refractivity contribution < 1.29 is 8.42 Å². The summed E-state index contributed by atoms with van der Waals surface area (Å²) in [5, 5.41) is 7.10. The third-order valence-electron chi connectivity index (χ3n) is 2.78. The van der Waals surface area contributed by atoms with Crippen molar-refractivity contribution in [2.45, 2.75) is 38.1 Å². The highest BCUT2D eigenvalue weighted by atomic mass is 32.2. The fourth-order valence-electron chi connectivity index (χ4n) is 1.83. The lowest BCUT2D eigenvalue weighted by Gasteiger charge is -2.19. The fourth-order valence-corrected chi connectivity index (χ4v) is 3.41. The van der Waals surface area contributed by atoms with Gasteiger partial charge in [-0.1, -0.05) is 13.8 Å². The first-order chi connectivity index (χ1) is 9.06. The van der Waals surface area contributed by atoms with Gasteiger partial charge in [0.05, 0.1) is 12.7 Å². The summed E-state index contributed by atoms with van der Waals surface area (Å²) in [6, 6.07) is 0. The molecule has 1 rings (SSSR count). The van der Waals surface area contributed by atoms with Crippen LogP contribution in [0.2, 0.25) is 0 Å². The molecule has 6 nitrogen and oxygen atoms in total. The maximum atomic E-state index is 12.5. The normalized spacial score (nSPS) is 12.2. The molecule has 1 N–H and O–H groups in total. The predicted molar refractivity (Wildman–Crippen MR) is 75.5 cm³/mol. The van der Waals surface area contributed by atoms with Gasteiger partial charge in [0.15, 0.2) is 0 Å². The first kappa shape index (κ1) is 16.1. The van der Waals surface area contributed by atoms with Crippen LogP contribution in [-0.2, 0) is 16.6 Å². The Morgan fingerprint density at radius 2 is 1.95 bits per heavy atom. The molecule has 1 aromatic rings. The lowest BCUT2D eigenvalue weighted by Crippen LogP contribution is -2.32. The molecule has 0 spiro atoms. The Balaban J connectivity index is 2.88. The number of nitrogens with zero attached hydrogens (tertiary/aromatic N) is 3. The third kappa shape index (κ3) is 4.29. The number of hydrogen-bond donors (Lipinski definition) is 1. The molecular formula is C12H24N4O2S. The van der Waals surface area contributed by atoms with Crippen LogP contribution in [0.4, 0.5) is 0 Å². The second-order valence-corrected chi connectivity index (χ2v) is 6.38. The van der Waals surface area contributed by atoms with Gasteiger partial charge in [-0.15, -0.1) is 0 Å². The van der Waals surface area contributed by atoms with Crippen LogP contribution in [0.1, 0.15) is 26.7 Å². The molecule has 19 heavy (non-hydrogen) atoms. The van der Waals surface area contributed by atoms with E-state index in [9.17, 15) is 8.42 Å². The van der Waals surface area contributed by atoms with Crippen LogP contribution in [-0.4, -0.2) is 49.2 Å². The number of likely N-dealkylation sites (N-methyl/N-ethyl adjacent to an activating group) is 1. The highest BCUT2D eigenvalue weighted by Crippen LogP contribution is 2.15. The number of hydrogen-bond acceptors (Lipinski definition) is 4. The van der Waals surface area contributed by atoms with Gasteiger partial charge < -0.3 is 5.32 Å². The van der Waals surface area contributed by atoms with Crippen LogP contribution in [0, 0.1) is 0 Å². The minimum atomic E-state index is -3.40. The molecule has 110 valence electrons. The van der Waals surface area contributed by atoms with E-state index < -0.39 is 10.0 Å². The predicted octanol–water partition coefficient (Wildman–Crippen LogP) is 0.913. The summed E-state index contributed by atoms with van der Waals surface area (Å²) in [6.07, 6.45) is 4.66. The van der Waals surface area contributed by atoms with Crippen LogP contribution in [0.5, 0.6) is 0 Å². The van der Waals surface area contributed by atoms with Gasteiger partial charge in [-0.25, -0.2) is 8.42 Å². The van der Waals surface area contributed by atoms with Crippen molar-refractivity contribution in [1.29, 1.82) is 0 Å². The van der Waals surface area contributed by atoms with Crippen molar-refractivity contribution in [3.63, 3.8) is 0 Å². The van der Waals surface area contributed by atoms with Crippen LogP contribution >= 0.6 is 0 Å². The zero-order valence-electron chi connectivity index (χ0n) is 12.0. The van der Waals surface area contributed by atoms with E-state index in [2.05, 4.69) is 10.4 Å². The molecule has 0 radical (unpaired) electrons. The lowest BCUT2D eigenvalue weighted by atomic mass is 10.4. The Labute approximate surface area is 115 Å². The van der Waals surface area contributed by atoms with Gasteiger partial charge in [0, 0.05) is 25.8 Å². The van der Waals surface area contributed by atoms with Gasteiger partial charge in [-0.05, 0) is 19.9 Å². The van der Waals surface area contributed by atoms with Crippen LogP contribution in [0.25, 0.3) is 0 Å². The Bertz CT molecular complexity index is 464. The monoisotopic (exact) mass is 288 g/mol. The van der Waals surface area contributed by atoms with Crippen molar-refractivity contribution in [3.05, 3.63) is 12.4 Å². The van der Waals surface area contributed by atoms with Crippen molar-refractivity contribution in [3.8, 4) is 0 Å². The van der Waals surface area contributed by atoms with E-state index >= 15 is 0 Å². The maximum absolute atomic E-state index is 12.5. The first-order valence-electron chi connectivity index (χ1n) is 6.73. The molecule has 0 atom stereocenters. The van der Waals surface area contributed by atoms with E-state index in [4.69, 9.17) is 0 Å². The third-order valence-corrected chi connectivity index (χ3v) is 4.64. The van der Waals surface area contributed by atoms with E-state index in [1.807, 2.05) is 20.9 Å². The van der Waals surface area contributed by atoms with Crippen molar-refractivity contribution in [1.82, 2.24) is 19.4 Å². The maximum Gasteiger partial charge on any atom is 0.246 e. The van der Waals surface area contributed by atoms with Crippen LogP contribution < -0.4 is 5.32 Å². The summed E-state index contributed by atoms with van der Waals surface area (Å²) in [5.74, 6) is 0. The fraction of sp³-hybridized carbons (Fsp3) is 0.750. The van der Waals surface area contributed by atoms with Gasteiger partial charge in [-0.3, -0.25) is 4.68 Å². The average Bonchev–Trinajstić information content (AvgIpc) is 2.85. The number of nitrogens with one attached hydrogen (secondary N) is 1. The molecule has 1 heterocycles. The van der Waals surface area contributed by atoms with Crippen LogP contribution in [0.15, 0.2) is 17.3 Å². The molecule has 0 amide bonds.